The Labute approximate surface area is 129 Å². The van der Waals surface area contributed by atoms with Crippen LogP contribution in [0, 0.1) is 5.92 Å². The van der Waals surface area contributed by atoms with Crippen molar-refractivity contribution in [3.05, 3.63) is 22.2 Å². The quantitative estimate of drug-likeness (QED) is 0.875. The van der Waals surface area contributed by atoms with Gasteiger partial charge in [-0.25, -0.2) is 0 Å². The van der Waals surface area contributed by atoms with Gasteiger partial charge in [0, 0.05) is 13.5 Å². The highest BCUT2D eigenvalue weighted by Gasteiger charge is 2.43. The van der Waals surface area contributed by atoms with Crippen molar-refractivity contribution in [3.63, 3.8) is 0 Å². The molecule has 1 aromatic carbocycles. The Bertz CT molecular complexity index is 618. The summed E-state index contributed by atoms with van der Waals surface area (Å²) in [6, 6.07) is 3.06. The van der Waals surface area contributed by atoms with Gasteiger partial charge in [-0.2, -0.15) is 0 Å². The minimum atomic E-state index is -0.969. The fourth-order valence-corrected chi connectivity index (χ4v) is 3.42. The molecule has 112 valence electrons. The summed E-state index contributed by atoms with van der Waals surface area (Å²) >= 11 is 3.42. The summed E-state index contributed by atoms with van der Waals surface area (Å²) in [5.41, 5.74) is 0.729. The normalized spacial score (nSPS) is 24.3. The van der Waals surface area contributed by atoms with Gasteiger partial charge in [-0.1, -0.05) is 0 Å². The molecule has 0 saturated carbocycles. The van der Waals surface area contributed by atoms with E-state index in [0.717, 1.165) is 5.56 Å². The van der Waals surface area contributed by atoms with Crippen molar-refractivity contribution in [2.24, 2.45) is 5.92 Å². The number of rotatable bonds is 2. The Morgan fingerprint density at radius 1 is 1.38 bits per heavy atom. The number of aliphatic carboxylic acids is 1. The van der Waals surface area contributed by atoms with Crippen LogP contribution in [0.15, 0.2) is 16.6 Å². The van der Waals surface area contributed by atoms with Gasteiger partial charge in [0.25, 0.3) is 0 Å². The summed E-state index contributed by atoms with van der Waals surface area (Å²) < 4.78 is 11.8. The van der Waals surface area contributed by atoms with E-state index in [0.29, 0.717) is 29.2 Å². The number of likely N-dealkylation sites (tertiary alicyclic amines) is 1. The first-order valence-electron chi connectivity index (χ1n) is 6.56. The van der Waals surface area contributed by atoms with Crippen molar-refractivity contribution >= 4 is 27.8 Å². The Balaban J connectivity index is 2.04. The first-order chi connectivity index (χ1) is 9.99. The highest BCUT2D eigenvalue weighted by molar-refractivity contribution is 9.10. The van der Waals surface area contributed by atoms with Crippen molar-refractivity contribution in [1.82, 2.24) is 4.90 Å². The van der Waals surface area contributed by atoms with Crippen LogP contribution in [-0.4, -0.2) is 42.1 Å². The molecule has 3 rings (SSSR count). The Kier molecular flexibility index (Phi) is 3.52. The molecule has 1 N–H and O–H groups in total. The van der Waals surface area contributed by atoms with Crippen molar-refractivity contribution in [1.29, 1.82) is 0 Å². The number of hydrogen-bond acceptors (Lipinski definition) is 4. The Morgan fingerprint density at radius 3 is 2.81 bits per heavy atom. The fraction of sp³-hybridized carbons (Fsp3) is 0.429. The van der Waals surface area contributed by atoms with E-state index in [-0.39, 0.29) is 12.3 Å². The van der Waals surface area contributed by atoms with E-state index in [1.165, 1.54) is 4.90 Å². The number of benzene rings is 1. The Hall–Kier alpha value is -1.76. The van der Waals surface area contributed by atoms with Crippen LogP contribution in [0.3, 0.4) is 0 Å². The van der Waals surface area contributed by atoms with E-state index in [1.807, 2.05) is 0 Å². The molecule has 2 heterocycles. The summed E-state index contributed by atoms with van der Waals surface area (Å²) in [5.74, 6) is -0.703. The molecule has 2 unspecified atom stereocenters. The first kappa shape index (κ1) is 14.2. The minimum absolute atomic E-state index is 0.0164. The largest absolute Gasteiger partial charge is 0.486 e. The van der Waals surface area contributed by atoms with E-state index in [2.05, 4.69) is 15.9 Å². The molecule has 2 aliphatic heterocycles. The van der Waals surface area contributed by atoms with E-state index in [1.54, 1.807) is 19.2 Å². The van der Waals surface area contributed by atoms with Crippen molar-refractivity contribution < 1.29 is 24.2 Å². The molecule has 2 aliphatic rings. The lowest BCUT2D eigenvalue weighted by atomic mass is 9.93. The molecule has 7 heteroatoms. The number of carbonyl (C=O) groups is 2. The van der Waals surface area contributed by atoms with Gasteiger partial charge in [-0.05, 0) is 33.6 Å². The van der Waals surface area contributed by atoms with E-state index in [9.17, 15) is 14.7 Å². The standard InChI is InChI=1S/C14H14BrNO5/c1-16-11(17)6-8(14(18)19)12(16)7-4-9(15)13-10(5-7)20-2-3-21-13/h4-5,8,12H,2-3,6H2,1H3,(H,18,19). The second kappa shape index (κ2) is 5.22. The fourth-order valence-electron chi connectivity index (χ4n) is 2.85. The maximum absolute atomic E-state index is 11.8. The average Bonchev–Trinajstić information content (AvgIpc) is 2.75. The van der Waals surface area contributed by atoms with Crippen LogP contribution in [0.5, 0.6) is 11.5 Å². The molecule has 0 bridgehead atoms. The first-order valence-corrected chi connectivity index (χ1v) is 7.36. The van der Waals surface area contributed by atoms with Gasteiger partial charge in [0.15, 0.2) is 11.5 Å². The van der Waals surface area contributed by atoms with Crippen molar-refractivity contribution in [2.75, 3.05) is 20.3 Å². The van der Waals surface area contributed by atoms with Crippen LogP contribution < -0.4 is 9.47 Å². The van der Waals surface area contributed by atoms with Gasteiger partial charge in [-0.3, -0.25) is 9.59 Å². The molecule has 0 spiro atoms. The second-order valence-electron chi connectivity index (χ2n) is 5.13. The number of nitrogens with zero attached hydrogens (tertiary/aromatic N) is 1. The van der Waals surface area contributed by atoms with Gasteiger partial charge >= 0.3 is 5.97 Å². The van der Waals surface area contributed by atoms with Gasteiger partial charge in [0.2, 0.25) is 5.91 Å². The highest BCUT2D eigenvalue weighted by atomic mass is 79.9. The van der Waals surface area contributed by atoms with Gasteiger partial charge in [0.05, 0.1) is 16.4 Å². The molecule has 1 fully saturated rings. The monoisotopic (exact) mass is 355 g/mol. The average molecular weight is 356 g/mol. The molecule has 21 heavy (non-hydrogen) atoms. The third-order valence-corrected chi connectivity index (χ3v) is 4.45. The van der Waals surface area contributed by atoms with Gasteiger partial charge in [-0.15, -0.1) is 0 Å². The lowest BCUT2D eigenvalue weighted by Crippen LogP contribution is -2.27. The number of halogens is 1. The molecular formula is C14H14BrNO5. The van der Waals surface area contributed by atoms with Crippen LogP contribution in [0.4, 0.5) is 0 Å². The number of amides is 1. The van der Waals surface area contributed by atoms with Crippen LogP contribution in [0.2, 0.25) is 0 Å². The summed E-state index contributed by atoms with van der Waals surface area (Å²) in [7, 11) is 1.63. The lowest BCUT2D eigenvalue weighted by Gasteiger charge is -2.26. The lowest BCUT2D eigenvalue weighted by molar-refractivity contribution is -0.142. The number of ether oxygens (including phenoxy) is 2. The molecule has 6 nitrogen and oxygen atoms in total. The molecule has 2 atom stereocenters. The molecule has 0 radical (unpaired) electrons. The molecule has 0 aliphatic carbocycles. The second-order valence-corrected chi connectivity index (χ2v) is 5.98. The summed E-state index contributed by atoms with van der Waals surface area (Å²) in [4.78, 5) is 24.7. The maximum Gasteiger partial charge on any atom is 0.309 e. The number of carbonyl (C=O) groups excluding carboxylic acids is 1. The van der Waals surface area contributed by atoms with Gasteiger partial charge < -0.3 is 19.5 Å². The van der Waals surface area contributed by atoms with Crippen LogP contribution in [0.25, 0.3) is 0 Å². The van der Waals surface area contributed by atoms with Crippen LogP contribution >= 0.6 is 15.9 Å². The third-order valence-electron chi connectivity index (χ3n) is 3.86. The van der Waals surface area contributed by atoms with Crippen LogP contribution in [-0.2, 0) is 9.59 Å². The number of hydrogen-bond donors (Lipinski definition) is 1. The number of carboxylic acid groups (broad SMARTS) is 1. The Morgan fingerprint density at radius 2 is 2.10 bits per heavy atom. The zero-order valence-corrected chi connectivity index (χ0v) is 12.9. The molecular weight excluding hydrogens is 342 g/mol. The highest BCUT2D eigenvalue weighted by Crippen LogP contribution is 2.44. The summed E-state index contributed by atoms with van der Waals surface area (Å²) in [6.07, 6.45) is 0.0164. The maximum atomic E-state index is 11.8. The zero-order valence-electron chi connectivity index (χ0n) is 11.3. The van der Waals surface area contributed by atoms with E-state index in [4.69, 9.17) is 9.47 Å². The van der Waals surface area contributed by atoms with Gasteiger partial charge in [0.1, 0.15) is 13.2 Å². The van der Waals surface area contributed by atoms with E-state index < -0.39 is 17.9 Å². The molecule has 0 aromatic heterocycles. The van der Waals surface area contributed by atoms with Crippen LogP contribution in [0.1, 0.15) is 18.0 Å². The van der Waals surface area contributed by atoms with Crippen molar-refractivity contribution in [2.45, 2.75) is 12.5 Å². The predicted octanol–water partition coefficient (Wildman–Crippen LogP) is 1.82. The molecule has 1 saturated heterocycles. The van der Waals surface area contributed by atoms with E-state index >= 15 is 0 Å². The topological polar surface area (TPSA) is 76.1 Å². The zero-order chi connectivity index (χ0) is 15.1. The smallest absolute Gasteiger partial charge is 0.309 e. The number of carboxylic acids is 1. The summed E-state index contributed by atoms with van der Waals surface area (Å²) in [6.45, 7) is 0.926. The predicted molar refractivity (Wildman–Crippen MR) is 76.4 cm³/mol. The summed E-state index contributed by atoms with van der Waals surface area (Å²) in [5, 5.41) is 9.34. The number of fused-ring (bicyclic) bond motifs is 1. The minimum Gasteiger partial charge on any atom is -0.486 e. The molecule has 1 amide bonds. The SMILES string of the molecule is CN1C(=O)CC(C(=O)O)C1c1cc(Br)c2c(c1)OCCO2. The molecule has 1 aromatic rings. The third kappa shape index (κ3) is 2.35. The van der Waals surface area contributed by atoms with Crippen molar-refractivity contribution in [3.8, 4) is 11.5 Å².